The van der Waals surface area contributed by atoms with Crippen LogP contribution >= 0.6 is 0 Å². The first-order valence-electron chi connectivity index (χ1n) is 8.76. The molecule has 0 bridgehead atoms. The highest BCUT2D eigenvalue weighted by molar-refractivity contribution is 5.86. The minimum Gasteiger partial charge on any atom is -0.444 e. The van der Waals surface area contributed by atoms with Crippen molar-refractivity contribution in [3.05, 3.63) is 46.1 Å². The molecule has 0 aliphatic carbocycles. The number of rotatable bonds is 5. The number of halogens is 1. The zero-order valence-electron chi connectivity index (χ0n) is 15.7. The molecule has 1 saturated heterocycles. The molecule has 1 heterocycles. The topological polar surface area (TPSA) is 107 Å². The molecule has 0 spiro atoms. The summed E-state index contributed by atoms with van der Waals surface area (Å²) in [5.41, 5.74) is 8.44. The van der Waals surface area contributed by atoms with Crippen LogP contribution < -0.4 is 5.32 Å². The molecule has 2 amide bonds. The Bertz CT molecular complexity index is 743. The monoisotopic (exact) mass is 377 g/mol. The fourth-order valence-electron chi connectivity index (χ4n) is 2.88. The van der Waals surface area contributed by atoms with Gasteiger partial charge in [0.25, 0.3) is 0 Å². The zero-order chi connectivity index (χ0) is 20.0. The van der Waals surface area contributed by atoms with E-state index in [4.69, 9.17) is 10.3 Å². The van der Waals surface area contributed by atoms with E-state index in [2.05, 4.69) is 15.3 Å². The molecule has 1 aromatic rings. The summed E-state index contributed by atoms with van der Waals surface area (Å²) in [6, 6.07) is 5.06. The Morgan fingerprint density at radius 2 is 2.11 bits per heavy atom. The van der Waals surface area contributed by atoms with Crippen LogP contribution in [0.1, 0.15) is 32.8 Å². The van der Waals surface area contributed by atoms with Crippen LogP contribution in [0.5, 0.6) is 0 Å². The standard InChI is InChI=1S/C18H24FN5O3/c1-18(2,3)27-17(26)24-11-13(22-23-20)10-15(24)16(25)21-9-8-12-6-4-5-7-14(12)19/h4-7,13,15H,8-11H2,1-3H3,(H,21,25)/t13-,15-/m1/s1. The maximum absolute atomic E-state index is 13.6. The lowest BCUT2D eigenvalue weighted by Gasteiger charge is -2.28. The van der Waals surface area contributed by atoms with Gasteiger partial charge >= 0.3 is 6.09 Å². The van der Waals surface area contributed by atoms with Gasteiger partial charge in [-0.1, -0.05) is 23.3 Å². The Hall–Kier alpha value is -2.80. The van der Waals surface area contributed by atoms with Gasteiger partial charge in [-0.3, -0.25) is 9.69 Å². The van der Waals surface area contributed by atoms with Crippen molar-refractivity contribution >= 4 is 12.0 Å². The average Bonchev–Trinajstić information content (AvgIpc) is 2.99. The lowest BCUT2D eigenvalue weighted by Crippen LogP contribution is -2.47. The van der Waals surface area contributed by atoms with E-state index in [1.54, 1.807) is 39.0 Å². The average molecular weight is 377 g/mol. The van der Waals surface area contributed by atoms with Crippen LogP contribution in [-0.2, 0) is 16.0 Å². The smallest absolute Gasteiger partial charge is 0.410 e. The van der Waals surface area contributed by atoms with E-state index in [-0.39, 0.29) is 31.2 Å². The maximum Gasteiger partial charge on any atom is 0.410 e. The second-order valence-electron chi connectivity index (χ2n) is 7.38. The first-order chi connectivity index (χ1) is 12.7. The number of benzene rings is 1. The third-order valence-corrected chi connectivity index (χ3v) is 4.08. The molecule has 9 heteroatoms. The van der Waals surface area contributed by atoms with Gasteiger partial charge in [0.05, 0.1) is 6.04 Å². The molecule has 1 aromatic carbocycles. The molecule has 0 saturated carbocycles. The summed E-state index contributed by atoms with van der Waals surface area (Å²) in [7, 11) is 0. The zero-order valence-corrected chi connectivity index (χ0v) is 15.7. The van der Waals surface area contributed by atoms with Gasteiger partial charge in [0, 0.05) is 18.0 Å². The minimum atomic E-state index is -0.795. The number of hydrogen-bond donors (Lipinski definition) is 1. The molecular weight excluding hydrogens is 353 g/mol. The van der Waals surface area contributed by atoms with Gasteiger partial charge in [0.1, 0.15) is 17.5 Å². The molecule has 0 unspecified atom stereocenters. The van der Waals surface area contributed by atoms with E-state index in [0.29, 0.717) is 12.0 Å². The van der Waals surface area contributed by atoms with Crippen LogP contribution in [0, 0.1) is 5.82 Å². The first-order valence-corrected chi connectivity index (χ1v) is 8.76. The molecule has 27 heavy (non-hydrogen) atoms. The Labute approximate surface area is 157 Å². The second-order valence-corrected chi connectivity index (χ2v) is 7.38. The summed E-state index contributed by atoms with van der Waals surface area (Å²) >= 11 is 0. The minimum absolute atomic E-state index is 0.115. The lowest BCUT2D eigenvalue weighted by atomic mass is 10.1. The summed E-state index contributed by atoms with van der Waals surface area (Å²) in [4.78, 5) is 29.0. The third kappa shape index (κ3) is 5.86. The van der Waals surface area contributed by atoms with Gasteiger partial charge in [-0.2, -0.15) is 0 Å². The van der Waals surface area contributed by atoms with Gasteiger partial charge < -0.3 is 10.1 Å². The van der Waals surface area contributed by atoms with Crippen molar-refractivity contribution in [2.24, 2.45) is 5.11 Å². The molecule has 146 valence electrons. The second kappa shape index (κ2) is 8.73. The highest BCUT2D eigenvalue weighted by Crippen LogP contribution is 2.23. The molecule has 2 rings (SSSR count). The quantitative estimate of drug-likeness (QED) is 0.484. The Morgan fingerprint density at radius 3 is 2.74 bits per heavy atom. The van der Waals surface area contributed by atoms with Crippen LogP contribution in [0.15, 0.2) is 29.4 Å². The van der Waals surface area contributed by atoms with Crippen LogP contribution in [0.25, 0.3) is 10.4 Å². The van der Waals surface area contributed by atoms with E-state index in [1.807, 2.05) is 0 Å². The number of carbonyl (C=O) groups is 2. The predicted octanol–water partition coefficient (Wildman–Crippen LogP) is 3.17. The fourth-order valence-corrected chi connectivity index (χ4v) is 2.88. The number of nitrogens with one attached hydrogen (secondary N) is 1. The number of azide groups is 1. The van der Waals surface area contributed by atoms with Crippen molar-refractivity contribution < 1.29 is 18.7 Å². The number of amides is 2. The summed E-state index contributed by atoms with van der Waals surface area (Å²) in [6.45, 7) is 5.54. The summed E-state index contributed by atoms with van der Waals surface area (Å²) in [5, 5.41) is 6.35. The molecule has 0 radical (unpaired) electrons. The third-order valence-electron chi connectivity index (χ3n) is 4.08. The van der Waals surface area contributed by atoms with E-state index in [1.165, 1.54) is 11.0 Å². The number of nitrogens with zero attached hydrogens (tertiary/aromatic N) is 4. The summed E-state index contributed by atoms with van der Waals surface area (Å²) in [6.07, 6.45) is -0.0842. The van der Waals surface area contributed by atoms with Crippen molar-refractivity contribution in [2.45, 2.75) is 51.3 Å². The van der Waals surface area contributed by atoms with Crippen LogP contribution in [0.3, 0.4) is 0 Å². The first kappa shape index (κ1) is 20.5. The van der Waals surface area contributed by atoms with Crippen molar-refractivity contribution in [3.63, 3.8) is 0 Å². The van der Waals surface area contributed by atoms with Crippen LogP contribution in [0.2, 0.25) is 0 Å². The number of carbonyl (C=O) groups excluding carboxylic acids is 2. The Morgan fingerprint density at radius 1 is 1.41 bits per heavy atom. The molecule has 2 atom stereocenters. The van der Waals surface area contributed by atoms with Crippen LogP contribution in [0.4, 0.5) is 9.18 Å². The fraction of sp³-hybridized carbons (Fsp3) is 0.556. The van der Waals surface area contributed by atoms with Gasteiger partial charge in [0.2, 0.25) is 5.91 Å². The largest absolute Gasteiger partial charge is 0.444 e. The Balaban J connectivity index is 2.00. The lowest BCUT2D eigenvalue weighted by molar-refractivity contribution is -0.125. The maximum atomic E-state index is 13.6. The molecule has 1 aliphatic rings. The van der Waals surface area contributed by atoms with E-state index >= 15 is 0 Å². The number of likely N-dealkylation sites (tertiary alicyclic amines) is 1. The molecule has 1 N–H and O–H groups in total. The van der Waals surface area contributed by atoms with Gasteiger partial charge in [-0.25, -0.2) is 9.18 Å². The van der Waals surface area contributed by atoms with Crippen molar-refractivity contribution in [3.8, 4) is 0 Å². The SMILES string of the molecule is CC(C)(C)OC(=O)N1C[C@H](N=[N+]=[N-])C[C@@H]1C(=O)NCCc1ccccc1F. The van der Waals surface area contributed by atoms with Gasteiger partial charge in [-0.15, -0.1) is 0 Å². The van der Waals surface area contributed by atoms with Crippen molar-refractivity contribution in [1.29, 1.82) is 0 Å². The van der Waals surface area contributed by atoms with Crippen molar-refractivity contribution in [2.75, 3.05) is 13.1 Å². The molecule has 0 aromatic heterocycles. The highest BCUT2D eigenvalue weighted by atomic mass is 19.1. The van der Waals surface area contributed by atoms with Gasteiger partial charge in [-0.05, 0) is 50.8 Å². The van der Waals surface area contributed by atoms with Gasteiger partial charge in [0.15, 0.2) is 0 Å². The Kier molecular flexibility index (Phi) is 6.63. The molecule has 8 nitrogen and oxygen atoms in total. The van der Waals surface area contributed by atoms with E-state index < -0.39 is 23.8 Å². The molecule has 1 fully saturated rings. The number of ether oxygens (including phenoxy) is 1. The molecular formula is C18H24FN5O3. The summed E-state index contributed by atoms with van der Waals surface area (Å²) in [5.74, 6) is -0.709. The van der Waals surface area contributed by atoms with E-state index in [9.17, 15) is 14.0 Å². The highest BCUT2D eigenvalue weighted by Gasteiger charge is 2.41. The summed E-state index contributed by atoms with van der Waals surface area (Å²) < 4.78 is 19.0. The van der Waals surface area contributed by atoms with Crippen LogP contribution in [-0.4, -0.2) is 47.7 Å². The normalized spacial score (nSPS) is 19.3. The van der Waals surface area contributed by atoms with Crippen molar-refractivity contribution in [1.82, 2.24) is 10.2 Å². The van der Waals surface area contributed by atoms with E-state index in [0.717, 1.165) is 0 Å². The molecule has 1 aliphatic heterocycles. The predicted molar refractivity (Wildman–Crippen MR) is 97.4 cm³/mol. The number of hydrogen-bond acceptors (Lipinski definition) is 4.